The average Bonchev–Trinajstić information content (AvgIpc) is 3.31. The molecule has 6 heteroatoms. The van der Waals surface area contributed by atoms with Gasteiger partial charge in [0.05, 0.1) is 27.8 Å². The first-order chi connectivity index (χ1) is 11.7. The zero-order valence-electron chi connectivity index (χ0n) is 13.7. The van der Waals surface area contributed by atoms with Gasteiger partial charge in [-0.3, -0.25) is 4.90 Å². The monoisotopic (exact) mass is 375 g/mol. The van der Waals surface area contributed by atoms with Crippen LogP contribution in [0.4, 0.5) is 0 Å². The van der Waals surface area contributed by atoms with Gasteiger partial charge in [0.25, 0.3) is 0 Å². The summed E-state index contributed by atoms with van der Waals surface area (Å²) in [5, 5.41) is 4.25. The number of likely N-dealkylation sites (tertiary alicyclic amines) is 1. The lowest BCUT2D eigenvalue weighted by Crippen LogP contribution is -2.34. The van der Waals surface area contributed by atoms with Gasteiger partial charge in [-0.25, -0.2) is 0 Å². The number of hydrogen-bond acceptors (Lipinski definition) is 4. The van der Waals surface area contributed by atoms with Crippen molar-refractivity contribution in [3.05, 3.63) is 39.8 Å². The molecule has 0 radical (unpaired) electrons. The summed E-state index contributed by atoms with van der Waals surface area (Å²) in [6, 6.07) is 8.56. The molecule has 0 atom stereocenters. The maximum atomic E-state index is 5.69. The minimum atomic E-state index is 0.820. The highest BCUT2D eigenvalue weighted by atomic mass is 32.1. The van der Waals surface area contributed by atoms with Crippen molar-refractivity contribution in [2.75, 3.05) is 13.1 Å². The maximum Gasteiger partial charge on any atom is 0.179 e. The Bertz CT molecular complexity index is 835. The Morgan fingerprint density at radius 1 is 1.12 bits per heavy atom. The van der Waals surface area contributed by atoms with E-state index >= 15 is 0 Å². The molecule has 0 unspecified atom stereocenters. The lowest BCUT2D eigenvalue weighted by molar-refractivity contribution is 0.154. The molecule has 0 saturated carbocycles. The van der Waals surface area contributed by atoms with Crippen molar-refractivity contribution in [1.82, 2.24) is 14.5 Å². The van der Waals surface area contributed by atoms with E-state index in [9.17, 15) is 0 Å². The fourth-order valence-corrected chi connectivity index (χ4v) is 5.04. The summed E-state index contributed by atoms with van der Waals surface area (Å²) in [7, 11) is 0. The van der Waals surface area contributed by atoms with Crippen molar-refractivity contribution in [3.8, 4) is 21.1 Å². The largest absolute Gasteiger partial charge is 0.329 e. The quantitative estimate of drug-likeness (QED) is 0.592. The number of aromatic amines is 1. The van der Waals surface area contributed by atoms with Gasteiger partial charge in [-0.1, -0.05) is 19.1 Å². The predicted octanol–water partition coefficient (Wildman–Crippen LogP) is 5.69. The lowest BCUT2D eigenvalue weighted by atomic mass is 10.00. The molecule has 1 saturated heterocycles. The highest BCUT2D eigenvalue weighted by molar-refractivity contribution is 7.71. The molecule has 0 spiro atoms. The Kier molecular flexibility index (Phi) is 4.72. The Hall–Kier alpha value is -1.21. The molecule has 1 aliphatic rings. The molecule has 24 heavy (non-hydrogen) atoms. The van der Waals surface area contributed by atoms with Crippen molar-refractivity contribution in [2.45, 2.75) is 26.4 Å². The minimum Gasteiger partial charge on any atom is -0.329 e. The molecular formula is C18H21N3S3. The molecule has 4 rings (SSSR count). The summed E-state index contributed by atoms with van der Waals surface area (Å²) in [6.45, 7) is 5.55. The number of thiophene rings is 2. The van der Waals surface area contributed by atoms with Crippen LogP contribution in [0, 0.1) is 10.7 Å². The normalized spacial score (nSPS) is 16.7. The van der Waals surface area contributed by atoms with Gasteiger partial charge in [0.15, 0.2) is 4.77 Å². The van der Waals surface area contributed by atoms with Crippen molar-refractivity contribution in [1.29, 1.82) is 0 Å². The van der Waals surface area contributed by atoms with Gasteiger partial charge in [0, 0.05) is 13.1 Å². The van der Waals surface area contributed by atoms with E-state index in [1.807, 2.05) is 0 Å². The van der Waals surface area contributed by atoms with Gasteiger partial charge < -0.3 is 9.55 Å². The molecule has 0 amide bonds. The number of H-pyrrole nitrogens is 1. The second-order valence-electron chi connectivity index (χ2n) is 6.48. The molecule has 1 N–H and O–H groups in total. The summed E-state index contributed by atoms with van der Waals surface area (Å²) in [5.74, 6) is 0.846. The second-order valence-corrected chi connectivity index (χ2v) is 8.76. The van der Waals surface area contributed by atoms with Crippen LogP contribution in [0.5, 0.6) is 0 Å². The molecular weight excluding hydrogens is 354 g/mol. The Labute approximate surface area is 155 Å². The fraction of sp³-hybridized carbons (Fsp3) is 0.389. The Morgan fingerprint density at radius 2 is 1.79 bits per heavy atom. The van der Waals surface area contributed by atoms with Crippen LogP contribution in [0.1, 0.15) is 19.8 Å². The predicted molar refractivity (Wildman–Crippen MR) is 106 cm³/mol. The number of hydrogen-bond donors (Lipinski definition) is 1. The molecule has 1 aliphatic heterocycles. The summed E-state index contributed by atoms with van der Waals surface area (Å²) >= 11 is 9.22. The SMILES string of the molecule is CC1CCN(Cn2c(-c3cccs3)c(-c3cccs3)[nH]c2=S)CC1. The van der Waals surface area contributed by atoms with E-state index in [0.717, 1.165) is 36.1 Å². The summed E-state index contributed by atoms with van der Waals surface area (Å²) in [4.78, 5) is 8.52. The van der Waals surface area contributed by atoms with Crippen LogP contribution in [0.15, 0.2) is 35.0 Å². The van der Waals surface area contributed by atoms with Crippen LogP contribution in [-0.2, 0) is 6.67 Å². The number of aromatic nitrogens is 2. The number of imidazole rings is 1. The molecule has 1 fully saturated rings. The first kappa shape index (κ1) is 16.3. The van der Waals surface area contributed by atoms with Crippen LogP contribution >= 0.6 is 34.9 Å². The van der Waals surface area contributed by atoms with Crippen LogP contribution in [0.25, 0.3) is 21.1 Å². The lowest BCUT2D eigenvalue weighted by Gasteiger charge is -2.30. The van der Waals surface area contributed by atoms with E-state index in [2.05, 4.69) is 56.4 Å². The van der Waals surface area contributed by atoms with Gasteiger partial charge >= 0.3 is 0 Å². The summed E-state index contributed by atoms with van der Waals surface area (Å²) < 4.78 is 3.10. The van der Waals surface area contributed by atoms with Gasteiger partial charge in [0.2, 0.25) is 0 Å². The fourth-order valence-electron chi connectivity index (χ4n) is 3.28. The summed E-state index contributed by atoms with van der Waals surface area (Å²) in [5.41, 5.74) is 2.39. The molecule has 3 aromatic heterocycles. The van der Waals surface area contributed by atoms with E-state index in [1.54, 1.807) is 22.7 Å². The minimum absolute atomic E-state index is 0.820. The Balaban J connectivity index is 1.75. The number of rotatable bonds is 4. The second kappa shape index (κ2) is 6.96. The Morgan fingerprint density at radius 3 is 2.42 bits per heavy atom. The molecule has 4 heterocycles. The van der Waals surface area contributed by atoms with Crippen LogP contribution in [0.3, 0.4) is 0 Å². The highest BCUT2D eigenvalue weighted by Gasteiger charge is 2.21. The molecule has 0 aliphatic carbocycles. The zero-order chi connectivity index (χ0) is 16.5. The smallest absolute Gasteiger partial charge is 0.179 e. The first-order valence-electron chi connectivity index (χ1n) is 8.35. The molecule has 0 aromatic carbocycles. The average molecular weight is 376 g/mol. The third kappa shape index (κ3) is 3.16. The van der Waals surface area contributed by atoms with E-state index < -0.39 is 0 Å². The van der Waals surface area contributed by atoms with Crippen LogP contribution in [-0.4, -0.2) is 27.5 Å². The standard InChI is InChI=1S/C18H21N3S3/c1-13-6-8-20(9-7-13)12-21-17(15-5-3-11-24-15)16(19-18(21)22)14-4-2-10-23-14/h2-5,10-11,13H,6-9,12H2,1H3,(H,19,22). The van der Waals surface area contributed by atoms with Crippen LogP contribution in [0.2, 0.25) is 0 Å². The van der Waals surface area contributed by atoms with Gasteiger partial charge in [-0.15, -0.1) is 22.7 Å². The molecule has 126 valence electrons. The number of nitrogens with one attached hydrogen (secondary N) is 1. The zero-order valence-corrected chi connectivity index (χ0v) is 16.1. The molecule has 3 nitrogen and oxygen atoms in total. The van der Waals surface area contributed by atoms with E-state index in [-0.39, 0.29) is 0 Å². The van der Waals surface area contributed by atoms with E-state index in [0.29, 0.717) is 0 Å². The highest BCUT2D eigenvalue weighted by Crippen LogP contribution is 2.36. The van der Waals surface area contributed by atoms with Crippen molar-refractivity contribution in [2.24, 2.45) is 5.92 Å². The van der Waals surface area contributed by atoms with Gasteiger partial charge in [-0.2, -0.15) is 0 Å². The molecule has 0 bridgehead atoms. The van der Waals surface area contributed by atoms with Crippen LogP contribution < -0.4 is 0 Å². The topological polar surface area (TPSA) is 24.0 Å². The maximum absolute atomic E-state index is 5.69. The van der Waals surface area contributed by atoms with E-state index in [4.69, 9.17) is 12.2 Å². The number of nitrogens with zero attached hydrogens (tertiary/aromatic N) is 2. The molecule has 3 aromatic rings. The summed E-state index contributed by atoms with van der Waals surface area (Å²) in [6.07, 6.45) is 2.56. The van der Waals surface area contributed by atoms with Crippen molar-refractivity contribution >= 4 is 34.9 Å². The number of piperidine rings is 1. The van der Waals surface area contributed by atoms with Crippen molar-refractivity contribution < 1.29 is 0 Å². The first-order valence-corrected chi connectivity index (χ1v) is 10.5. The van der Waals surface area contributed by atoms with Gasteiger partial charge in [-0.05, 0) is 53.9 Å². The van der Waals surface area contributed by atoms with E-state index in [1.165, 1.54) is 28.3 Å². The van der Waals surface area contributed by atoms with Crippen molar-refractivity contribution in [3.63, 3.8) is 0 Å². The third-order valence-electron chi connectivity index (χ3n) is 4.72. The van der Waals surface area contributed by atoms with Gasteiger partial charge in [0.1, 0.15) is 0 Å². The third-order valence-corrected chi connectivity index (χ3v) is 6.81.